The maximum absolute atomic E-state index is 13.9. The van der Waals surface area contributed by atoms with Crippen LogP contribution in [0.5, 0.6) is 11.5 Å². The Labute approximate surface area is 136 Å². The van der Waals surface area contributed by atoms with Crippen LogP contribution >= 0.6 is 0 Å². The highest BCUT2D eigenvalue weighted by molar-refractivity contribution is 5.62. The molecule has 3 rings (SSSR count). The monoisotopic (exact) mass is 315 g/mol. The zero-order valence-corrected chi connectivity index (χ0v) is 13.5. The number of benzene rings is 2. The van der Waals surface area contributed by atoms with Gasteiger partial charge in [0.2, 0.25) is 0 Å². The van der Waals surface area contributed by atoms with E-state index < -0.39 is 0 Å². The van der Waals surface area contributed by atoms with E-state index in [0.29, 0.717) is 30.2 Å². The van der Waals surface area contributed by atoms with Crippen molar-refractivity contribution in [3.63, 3.8) is 0 Å². The number of rotatable bonds is 4. The van der Waals surface area contributed by atoms with Gasteiger partial charge in [-0.3, -0.25) is 0 Å². The fourth-order valence-corrected chi connectivity index (χ4v) is 3.05. The first kappa shape index (κ1) is 15.7. The summed E-state index contributed by atoms with van der Waals surface area (Å²) in [6.07, 6.45) is 0.371. The lowest BCUT2D eigenvalue weighted by Crippen LogP contribution is -2.42. The molecule has 0 bridgehead atoms. The highest BCUT2D eigenvalue weighted by Crippen LogP contribution is 2.37. The van der Waals surface area contributed by atoms with Crippen LogP contribution in [0, 0.1) is 11.7 Å². The molecule has 0 amide bonds. The van der Waals surface area contributed by atoms with Crippen LogP contribution in [-0.4, -0.2) is 24.3 Å². The number of phenolic OH excluding ortho intramolecular Hbond substituents is 1. The van der Waals surface area contributed by atoms with E-state index in [0.717, 1.165) is 12.2 Å². The molecule has 1 heterocycles. The van der Waals surface area contributed by atoms with Gasteiger partial charge in [0.05, 0.1) is 12.2 Å². The second-order valence-electron chi connectivity index (χ2n) is 6.49. The van der Waals surface area contributed by atoms with Crippen molar-refractivity contribution in [3.8, 4) is 11.5 Å². The molecule has 1 atom stereocenters. The maximum Gasteiger partial charge on any atom is 0.146 e. The second-order valence-corrected chi connectivity index (χ2v) is 6.49. The third kappa shape index (κ3) is 3.58. The molecule has 23 heavy (non-hydrogen) atoms. The Balaban J connectivity index is 1.85. The number of nitrogens with zero attached hydrogens (tertiary/aromatic N) is 1. The molecular weight excluding hydrogens is 293 g/mol. The van der Waals surface area contributed by atoms with Crippen molar-refractivity contribution < 1.29 is 14.2 Å². The summed E-state index contributed by atoms with van der Waals surface area (Å²) in [4.78, 5) is 2.26. The van der Waals surface area contributed by atoms with E-state index in [9.17, 15) is 9.50 Å². The molecule has 1 aliphatic heterocycles. The predicted molar refractivity (Wildman–Crippen MR) is 89.7 cm³/mol. The van der Waals surface area contributed by atoms with Gasteiger partial charge in [0, 0.05) is 19.0 Å². The van der Waals surface area contributed by atoms with E-state index in [1.807, 2.05) is 12.1 Å². The van der Waals surface area contributed by atoms with Crippen LogP contribution in [0.1, 0.15) is 19.4 Å². The minimum absolute atomic E-state index is 0.139. The Morgan fingerprint density at radius 2 is 2.04 bits per heavy atom. The van der Waals surface area contributed by atoms with Gasteiger partial charge in [0.1, 0.15) is 23.4 Å². The first-order chi connectivity index (χ1) is 11.0. The van der Waals surface area contributed by atoms with Crippen LogP contribution in [0.25, 0.3) is 0 Å². The van der Waals surface area contributed by atoms with E-state index in [1.54, 1.807) is 24.3 Å². The number of phenols is 1. The first-order valence-electron chi connectivity index (χ1n) is 8.01. The Morgan fingerprint density at radius 3 is 2.78 bits per heavy atom. The zero-order chi connectivity index (χ0) is 16.4. The molecular formula is C19H22FNO2. The standard InChI is InChI=1S/C19H22FNO2/c1-13(2)11-21-12-16(9-14-5-3-4-6-17(14)20)23-19-10-15(22)7-8-18(19)21/h3-8,10,13,16,22H,9,11-12H2,1-2H3. The molecule has 1 aliphatic rings. The number of hydrogen-bond donors (Lipinski definition) is 1. The summed E-state index contributed by atoms with van der Waals surface area (Å²) in [6, 6.07) is 12.0. The second kappa shape index (κ2) is 6.49. The van der Waals surface area contributed by atoms with E-state index >= 15 is 0 Å². The van der Waals surface area contributed by atoms with Crippen molar-refractivity contribution in [2.24, 2.45) is 5.92 Å². The molecule has 2 aromatic rings. The molecule has 1 N–H and O–H groups in total. The van der Waals surface area contributed by atoms with Gasteiger partial charge in [-0.1, -0.05) is 32.0 Å². The molecule has 4 heteroatoms. The van der Waals surface area contributed by atoms with Crippen LogP contribution in [0.2, 0.25) is 0 Å². The third-order valence-electron chi connectivity index (χ3n) is 3.99. The number of aromatic hydroxyl groups is 1. The number of anilines is 1. The minimum atomic E-state index is -0.201. The summed E-state index contributed by atoms with van der Waals surface area (Å²) in [5.41, 5.74) is 1.65. The average Bonchev–Trinajstić information content (AvgIpc) is 2.48. The quantitative estimate of drug-likeness (QED) is 0.926. The van der Waals surface area contributed by atoms with Crippen molar-refractivity contribution in [2.45, 2.75) is 26.4 Å². The van der Waals surface area contributed by atoms with Gasteiger partial charge in [0.15, 0.2) is 0 Å². The minimum Gasteiger partial charge on any atom is -0.508 e. The van der Waals surface area contributed by atoms with Crippen molar-refractivity contribution in [1.82, 2.24) is 0 Å². The number of halogens is 1. The smallest absolute Gasteiger partial charge is 0.146 e. The number of fused-ring (bicyclic) bond motifs is 1. The normalized spacial score (nSPS) is 17.0. The Bertz CT molecular complexity index is 687. The lowest BCUT2D eigenvalue weighted by molar-refractivity contribution is 0.190. The Hall–Kier alpha value is -2.23. The maximum atomic E-state index is 13.9. The topological polar surface area (TPSA) is 32.7 Å². The van der Waals surface area contributed by atoms with Gasteiger partial charge in [-0.15, -0.1) is 0 Å². The van der Waals surface area contributed by atoms with Gasteiger partial charge in [0.25, 0.3) is 0 Å². The van der Waals surface area contributed by atoms with Crippen molar-refractivity contribution in [2.75, 3.05) is 18.0 Å². The van der Waals surface area contributed by atoms with Gasteiger partial charge >= 0.3 is 0 Å². The van der Waals surface area contributed by atoms with Gasteiger partial charge < -0.3 is 14.7 Å². The first-order valence-corrected chi connectivity index (χ1v) is 8.01. The van der Waals surface area contributed by atoms with E-state index in [2.05, 4.69) is 18.7 Å². The molecule has 1 unspecified atom stereocenters. The van der Waals surface area contributed by atoms with Crippen LogP contribution in [0.15, 0.2) is 42.5 Å². The molecule has 2 aromatic carbocycles. The number of hydrogen-bond acceptors (Lipinski definition) is 3. The van der Waals surface area contributed by atoms with Gasteiger partial charge in [-0.2, -0.15) is 0 Å². The van der Waals surface area contributed by atoms with E-state index in [1.165, 1.54) is 6.07 Å². The Kier molecular flexibility index (Phi) is 4.42. The summed E-state index contributed by atoms with van der Waals surface area (Å²) in [6.45, 7) is 5.95. The molecule has 0 fully saturated rings. The lowest BCUT2D eigenvalue weighted by Gasteiger charge is -2.37. The van der Waals surface area contributed by atoms with Crippen LogP contribution < -0.4 is 9.64 Å². The molecule has 0 aliphatic carbocycles. The molecule has 122 valence electrons. The van der Waals surface area contributed by atoms with E-state index in [-0.39, 0.29) is 17.7 Å². The van der Waals surface area contributed by atoms with Gasteiger partial charge in [-0.25, -0.2) is 4.39 Å². The molecule has 0 radical (unpaired) electrons. The Morgan fingerprint density at radius 1 is 1.26 bits per heavy atom. The average molecular weight is 315 g/mol. The highest BCUT2D eigenvalue weighted by atomic mass is 19.1. The summed E-state index contributed by atoms with van der Waals surface area (Å²) < 4.78 is 19.9. The van der Waals surface area contributed by atoms with Crippen molar-refractivity contribution in [3.05, 3.63) is 53.8 Å². The summed E-state index contributed by atoms with van der Waals surface area (Å²) in [5, 5.41) is 9.72. The third-order valence-corrected chi connectivity index (χ3v) is 3.99. The van der Waals surface area contributed by atoms with Crippen molar-refractivity contribution >= 4 is 5.69 Å². The SMILES string of the molecule is CC(C)CN1CC(Cc2ccccc2F)Oc2cc(O)ccc21. The molecule has 3 nitrogen and oxygen atoms in total. The van der Waals surface area contributed by atoms with Gasteiger partial charge in [-0.05, 0) is 29.7 Å². The van der Waals surface area contributed by atoms with E-state index in [4.69, 9.17) is 4.74 Å². The molecule has 0 saturated carbocycles. The number of ether oxygens (including phenoxy) is 1. The highest BCUT2D eigenvalue weighted by Gasteiger charge is 2.27. The predicted octanol–water partition coefficient (Wildman–Crippen LogP) is 4.00. The summed E-state index contributed by atoms with van der Waals surface area (Å²) in [5.74, 6) is 1.15. The van der Waals surface area contributed by atoms with Crippen LogP contribution in [0.3, 0.4) is 0 Å². The fourth-order valence-electron chi connectivity index (χ4n) is 3.05. The van der Waals surface area contributed by atoms with Crippen LogP contribution in [-0.2, 0) is 6.42 Å². The zero-order valence-electron chi connectivity index (χ0n) is 13.5. The fraction of sp³-hybridized carbons (Fsp3) is 0.368. The molecule has 0 saturated heterocycles. The molecule has 0 spiro atoms. The summed E-state index contributed by atoms with van der Waals surface area (Å²) >= 11 is 0. The molecule has 0 aromatic heterocycles. The van der Waals surface area contributed by atoms with Crippen LogP contribution in [0.4, 0.5) is 10.1 Å². The summed E-state index contributed by atoms with van der Waals surface area (Å²) in [7, 11) is 0. The lowest BCUT2D eigenvalue weighted by atomic mass is 10.0. The largest absolute Gasteiger partial charge is 0.508 e. The van der Waals surface area contributed by atoms with Crippen molar-refractivity contribution in [1.29, 1.82) is 0 Å².